The van der Waals surface area contributed by atoms with Crippen molar-refractivity contribution >= 4 is 12.0 Å². The number of rotatable bonds is 2. The number of likely N-dealkylation sites (tertiary alicyclic amines) is 1. The first-order valence-corrected chi connectivity index (χ1v) is 7.38. The fraction of sp³-hybridized carbons (Fsp3) is 0.867. The van der Waals surface area contributed by atoms with Crippen molar-refractivity contribution in [1.82, 2.24) is 9.80 Å². The first-order chi connectivity index (χ1) is 9.46. The lowest BCUT2D eigenvalue weighted by molar-refractivity contribution is -0.171. The maximum Gasteiger partial charge on any atom is 0.319 e. The molecule has 1 N–H and O–H groups in total. The monoisotopic (exact) mass is 300 g/mol. The summed E-state index contributed by atoms with van der Waals surface area (Å²) < 4.78 is 5.34. The Morgan fingerprint density at radius 2 is 1.71 bits per heavy atom. The van der Waals surface area contributed by atoms with Crippen LogP contribution in [-0.2, 0) is 9.53 Å². The minimum atomic E-state index is -1.11. The summed E-state index contributed by atoms with van der Waals surface area (Å²) in [5.41, 5.74) is -1.67. The first kappa shape index (κ1) is 17.8. The van der Waals surface area contributed by atoms with E-state index in [4.69, 9.17) is 4.74 Å². The zero-order chi connectivity index (χ0) is 16.4. The van der Waals surface area contributed by atoms with Crippen LogP contribution >= 0.6 is 0 Å². The number of esters is 1. The third-order valence-corrected chi connectivity index (χ3v) is 3.85. The molecule has 1 unspecified atom stereocenters. The van der Waals surface area contributed by atoms with E-state index in [1.54, 1.807) is 46.7 Å². The van der Waals surface area contributed by atoms with Gasteiger partial charge in [-0.3, -0.25) is 4.79 Å². The number of hydrogen-bond donors (Lipinski definition) is 1. The largest absolute Gasteiger partial charge is 0.460 e. The molecule has 6 nitrogen and oxygen atoms in total. The van der Waals surface area contributed by atoms with E-state index in [1.165, 1.54) is 4.90 Å². The smallest absolute Gasteiger partial charge is 0.319 e. The van der Waals surface area contributed by atoms with Crippen molar-refractivity contribution in [3.63, 3.8) is 0 Å². The van der Waals surface area contributed by atoms with Gasteiger partial charge in [-0.25, -0.2) is 4.79 Å². The van der Waals surface area contributed by atoms with Crippen LogP contribution in [0.4, 0.5) is 4.79 Å². The number of piperidine rings is 1. The van der Waals surface area contributed by atoms with Gasteiger partial charge in [0.1, 0.15) is 5.60 Å². The minimum Gasteiger partial charge on any atom is -0.460 e. The molecule has 1 atom stereocenters. The molecule has 1 fully saturated rings. The summed E-state index contributed by atoms with van der Waals surface area (Å²) >= 11 is 0. The molecule has 0 aromatic heterocycles. The molecular weight excluding hydrogens is 272 g/mol. The molecule has 0 bridgehead atoms. The minimum absolute atomic E-state index is 0.0676. The SMILES string of the molecule is CC(C(=O)OC(C)(C)C)C1(O)CCN(C(=O)N(C)C)CC1. The number of urea groups is 1. The van der Waals surface area contributed by atoms with Crippen LogP contribution in [0, 0.1) is 5.92 Å². The van der Waals surface area contributed by atoms with Gasteiger partial charge in [-0.1, -0.05) is 0 Å². The molecule has 21 heavy (non-hydrogen) atoms. The molecule has 0 saturated carbocycles. The summed E-state index contributed by atoms with van der Waals surface area (Å²) in [6, 6.07) is -0.0676. The number of carbonyl (C=O) groups is 2. The van der Waals surface area contributed by atoms with E-state index in [-0.39, 0.29) is 6.03 Å². The molecule has 6 heteroatoms. The Bertz CT molecular complexity index is 393. The predicted molar refractivity (Wildman–Crippen MR) is 79.8 cm³/mol. The summed E-state index contributed by atoms with van der Waals surface area (Å²) in [5.74, 6) is -0.995. The average molecular weight is 300 g/mol. The van der Waals surface area contributed by atoms with E-state index in [0.717, 1.165) is 0 Å². The van der Waals surface area contributed by atoms with Crippen LogP contribution in [0.25, 0.3) is 0 Å². The second-order valence-corrected chi connectivity index (χ2v) is 7.02. The van der Waals surface area contributed by atoms with Gasteiger partial charge in [-0.2, -0.15) is 0 Å². The van der Waals surface area contributed by atoms with Crippen molar-refractivity contribution in [3.05, 3.63) is 0 Å². The second kappa shape index (κ2) is 6.22. The molecule has 0 aromatic rings. The second-order valence-electron chi connectivity index (χ2n) is 7.02. The molecule has 0 aliphatic carbocycles. The number of amides is 2. The highest BCUT2D eigenvalue weighted by molar-refractivity contribution is 5.75. The van der Waals surface area contributed by atoms with Crippen LogP contribution in [0.2, 0.25) is 0 Å². The lowest BCUT2D eigenvalue weighted by Crippen LogP contribution is -2.53. The quantitative estimate of drug-likeness (QED) is 0.784. The highest BCUT2D eigenvalue weighted by Gasteiger charge is 2.43. The molecule has 1 heterocycles. The number of ether oxygens (including phenoxy) is 1. The van der Waals surface area contributed by atoms with Gasteiger partial charge in [0.05, 0.1) is 11.5 Å². The summed E-state index contributed by atoms with van der Waals surface area (Å²) in [4.78, 5) is 27.2. The predicted octanol–water partition coefficient (Wildman–Crippen LogP) is 1.47. The number of carbonyl (C=O) groups excluding carboxylic acids is 2. The number of aliphatic hydroxyl groups is 1. The van der Waals surface area contributed by atoms with E-state index in [1.807, 2.05) is 0 Å². The van der Waals surface area contributed by atoms with Gasteiger partial charge in [0.15, 0.2) is 0 Å². The lowest BCUT2D eigenvalue weighted by atomic mass is 9.80. The van der Waals surface area contributed by atoms with Crippen molar-refractivity contribution in [2.75, 3.05) is 27.2 Å². The molecule has 2 amide bonds. The van der Waals surface area contributed by atoms with E-state index in [9.17, 15) is 14.7 Å². The van der Waals surface area contributed by atoms with Crippen LogP contribution in [0.15, 0.2) is 0 Å². The van der Waals surface area contributed by atoms with Crippen LogP contribution in [0.3, 0.4) is 0 Å². The van der Waals surface area contributed by atoms with Crippen molar-refractivity contribution in [2.24, 2.45) is 5.92 Å². The van der Waals surface area contributed by atoms with Crippen LogP contribution in [0.1, 0.15) is 40.5 Å². The maximum absolute atomic E-state index is 12.1. The van der Waals surface area contributed by atoms with E-state index >= 15 is 0 Å². The molecular formula is C15H28N2O4. The van der Waals surface area contributed by atoms with Gasteiger partial charge in [0.25, 0.3) is 0 Å². The standard InChI is InChI=1S/C15H28N2O4/c1-11(12(18)21-14(2,3)4)15(20)7-9-17(10-8-15)13(19)16(5)6/h11,20H,7-10H2,1-6H3. The number of hydrogen-bond acceptors (Lipinski definition) is 4. The summed E-state index contributed by atoms with van der Waals surface area (Å²) in [6.07, 6.45) is 0.764. The Labute approximate surface area is 127 Å². The lowest BCUT2D eigenvalue weighted by Gasteiger charge is -2.41. The van der Waals surface area contributed by atoms with E-state index in [0.29, 0.717) is 25.9 Å². The van der Waals surface area contributed by atoms with Crippen molar-refractivity contribution in [1.29, 1.82) is 0 Å². The van der Waals surface area contributed by atoms with Gasteiger partial charge >= 0.3 is 12.0 Å². The zero-order valence-corrected chi connectivity index (χ0v) is 14.0. The molecule has 1 saturated heterocycles. The van der Waals surface area contributed by atoms with Crippen molar-refractivity contribution < 1.29 is 19.4 Å². The summed E-state index contributed by atoms with van der Waals surface area (Å²) in [6.45, 7) is 8.00. The van der Waals surface area contributed by atoms with Gasteiger partial charge < -0.3 is 19.6 Å². The molecule has 1 aliphatic heterocycles. The Balaban J connectivity index is 2.65. The molecule has 0 spiro atoms. The molecule has 1 aliphatic rings. The zero-order valence-electron chi connectivity index (χ0n) is 14.0. The molecule has 1 rings (SSSR count). The molecule has 122 valence electrons. The van der Waals surface area contributed by atoms with Gasteiger partial charge in [0, 0.05) is 27.2 Å². The highest BCUT2D eigenvalue weighted by atomic mass is 16.6. The Hall–Kier alpha value is -1.30. The van der Waals surface area contributed by atoms with E-state index < -0.39 is 23.1 Å². The normalized spacial score (nSPS) is 19.9. The van der Waals surface area contributed by atoms with Crippen LogP contribution in [0.5, 0.6) is 0 Å². The van der Waals surface area contributed by atoms with E-state index in [2.05, 4.69) is 0 Å². The number of nitrogens with zero attached hydrogens (tertiary/aromatic N) is 2. The van der Waals surface area contributed by atoms with Crippen LogP contribution in [-0.4, -0.2) is 65.3 Å². The highest BCUT2D eigenvalue weighted by Crippen LogP contribution is 2.31. The Morgan fingerprint density at radius 3 is 2.10 bits per heavy atom. The average Bonchev–Trinajstić information content (AvgIpc) is 2.35. The Morgan fingerprint density at radius 1 is 1.24 bits per heavy atom. The van der Waals surface area contributed by atoms with Crippen molar-refractivity contribution in [3.8, 4) is 0 Å². The topological polar surface area (TPSA) is 70.1 Å². The molecule has 0 aromatic carbocycles. The fourth-order valence-electron chi connectivity index (χ4n) is 2.41. The van der Waals surface area contributed by atoms with Gasteiger partial charge in [-0.15, -0.1) is 0 Å². The maximum atomic E-state index is 12.1. The van der Waals surface area contributed by atoms with Gasteiger partial charge in [-0.05, 0) is 40.5 Å². The summed E-state index contributed by atoms with van der Waals surface area (Å²) in [5, 5.41) is 10.7. The third kappa shape index (κ3) is 4.59. The molecule has 0 radical (unpaired) electrons. The van der Waals surface area contributed by atoms with Crippen molar-refractivity contribution in [2.45, 2.75) is 51.7 Å². The fourth-order valence-corrected chi connectivity index (χ4v) is 2.41. The summed E-state index contributed by atoms with van der Waals surface area (Å²) in [7, 11) is 3.40. The first-order valence-electron chi connectivity index (χ1n) is 7.38. The Kier molecular flexibility index (Phi) is 5.25. The van der Waals surface area contributed by atoms with Gasteiger partial charge in [0.2, 0.25) is 0 Å². The van der Waals surface area contributed by atoms with Crippen LogP contribution < -0.4 is 0 Å². The third-order valence-electron chi connectivity index (χ3n) is 3.85.